The molecule has 0 heterocycles. The van der Waals surface area contributed by atoms with E-state index in [2.05, 4.69) is 0 Å². The van der Waals surface area contributed by atoms with Gasteiger partial charge in [-0.25, -0.2) is 13.6 Å². The molecule has 0 spiro atoms. The number of aromatic carboxylic acids is 1. The summed E-state index contributed by atoms with van der Waals surface area (Å²) in [6.07, 6.45) is -2.55. The lowest BCUT2D eigenvalue weighted by Gasteiger charge is -2.21. The smallest absolute Gasteiger partial charge is 0.337 e. The van der Waals surface area contributed by atoms with Crippen LogP contribution < -0.4 is 4.90 Å². The van der Waals surface area contributed by atoms with E-state index >= 15 is 0 Å². The molecule has 0 amide bonds. The van der Waals surface area contributed by atoms with E-state index in [4.69, 9.17) is 16.7 Å². The summed E-state index contributed by atoms with van der Waals surface area (Å²) in [6, 6.07) is 4.25. The highest BCUT2D eigenvalue weighted by molar-refractivity contribution is 6.34. The number of hydrogen-bond donors (Lipinski definition) is 1. The number of anilines is 1. The molecular formula is C10H10ClF2NO2. The number of para-hydroxylation sites is 1. The molecule has 0 aliphatic carbocycles. The zero-order chi connectivity index (χ0) is 12.3. The van der Waals surface area contributed by atoms with Gasteiger partial charge >= 0.3 is 5.97 Å². The van der Waals surface area contributed by atoms with Gasteiger partial charge in [-0.3, -0.25) is 0 Å². The summed E-state index contributed by atoms with van der Waals surface area (Å²) in [6.45, 7) is -0.565. The van der Waals surface area contributed by atoms with Crippen LogP contribution in [0.2, 0.25) is 5.02 Å². The minimum Gasteiger partial charge on any atom is -0.478 e. The highest BCUT2D eigenvalue weighted by Crippen LogP contribution is 2.29. The summed E-state index contributed by atoms with van der Waals surface area (Å²) >= 11 is 5.80. The number of alkyl halides is 2. The van der Waals surface area contributed by atoms with E-state index < -0.39 is 18.9 Å². The molecule has 0 aliphatic heterocycles. The van der Waals surface area contributed by atoms with E-state index in [1.165, 1.54) is 25.2 Å². The second-order valence-electron chi connectivity index (χ2n) is 3.21. The van der Waals surface area contributed by atoms with Crippen molar-refractivity contribution in [3.05, 3.63) is 28.8 Å². The molecule has 1 N–H and O–H groups in total. The lowest BCUT2D eigenvalue weighted by atomic mass is 10.1. The highest BCUT2D eigenvalue weighted by atomic mass is 35.5. The average Bonchev–Trinajstić information content (AvgIpc) is 2.15. The number of nitrogens with zero attached hydrogens (tertiary/aromatic N) is 1. The number of rotatable bonds is 4. The molecule has 0 aliphatic rings. The monoisotopic (exact) mass is 249 g/mol. The summed E-state index contributed by atoms with van der Waals surface area (Å²) in [5.41, 5.74) is 0.0209. The van der Waals surface area contributed by atoms with E-state index in [0.29, 0.717) is 0 Å². The third-order valence-corrected chi connectivity index (χ3v) is 2.32. The molecule has 3 nitrogen and oxygen atoms in total. The van der Waals surface area contributed by atoms with Crippen LogP contribution in [0.5, 0.6) is 0 Å². The molecule has 1 aromatic rings. The first kappa shape index (κ1) is 12.7. The van der Waals surface area contributed by atoms with Crippen molar-refractivity contribution in [2.24, 2.45) is 0 Å². The van der Waals surface area contributed by atoms with E-state index in [-0.39, 0.29) is 16.3 Å². The molecule has 0 saturated carbocycles. The molecule has 0 aromatic heterocycles. The second-order valence-corrected chi connectivity index (χ2v) is 3.62. The van der Waals surface area contributed by atoms with Crippen molar-refractivity contribution in [2.45, 2.75) is 6.43 Å². The molecule has 0 fully saturated rings. The molecule has 1 aromatic carbocycles. The van der Waals surface area contributed by atoms with Crippen molar-refractivity contribution in [1.82, 2.24) is 0 Å². The fourth-order valence-electron chi connectivity index (χ4n) is 1.37. The van der Waals surface area contributed by atoms with Crippen LogP contribution in [0.1, 0.15) is 10.4 Å². The quantitative estimate of drug-likeness (QED) is 0.892. The zero-order valence-corrected chi connectivity index (χ0v) is 9.21. The van der Waals surface area contributed by atoms with Crippen LogP contribution in [0.3, 0.4) is 0 Å². The third kappa shape index (κ3) is 2.82. The van der Waals surface area contributed by atoms with Crippen LogP contribution in [0.25, 0.3) is 0 Å². The van der Waals surface area contributed by atoms with Crippen molar-refractivity contribution in [1.29, 1.82) is 0 Å². The Labute approximate surface area is 96.2 Å². The maximum absolute atomic E-state index is 12.2. The number of benzene rings is 1. The van der Waals surface area contributed by atoms with Gasteiger partial charge in [0.05, 0.1) is 22.8 Å². The van der Waals surface area contributed by atoms with Crippen LogP contribution in [0.4, 0.5) is 14.5 Å². The van der Waals surface area contributed by atoms with Crippen molar-refractivity contribution in [3.63, 3.8) is 0 Å². The number of carboxylic acid groups (broad SMARTS) is 1. The van der Waals surface area contributed by atoms with E-state index in [1.807, 2.05) is 0 Å². The van der Waals surface area contributed by atoms with Gasteiger partial charge in [-0.1, -0.05) is 17.7 Å². The predicted octanol–water partition coefficient (Wildman–Crippen LogP) is 2.74. The maximum atomic E-state index is 12.2. The Bertz CT molecular complexity index is 398. The Hall–Kier alpha value is -1.36. The normalized spacial score (nSPS) is 10.6. The van der Waals surface area contributed by atoms with Crippen molar-refractivity contribution >= 4 is 23.3 Å². The van der Waals surface area contributed by atoms with Crippen LogP contribution in [0, 0.1) is 0 Å². The summed E-state index contributed by atoms with van der Waals surface area (Å²) in [7, 11) is 1.37. The van der Waals surface area contributed by atoms with Gasteiger partial charge in [0.1, 0.15) is 0 Å². The lowest BCUT2D eigenvalue weighted by Crippen LogP contribution is -2.26. The Morgan fingerprint density at radius 2 is 2.19 bits per heavy atom. The number of hydrogen-bond acceptors (Lipinski definition) is 2. The zero-order valence-electron chi connectivity index (χ0n) is 8.45. The summed E-state index contributed by atoms with van der Waals surface area (Å²) < 4.78 is 24.4. The minimum atomic E-state index is -2.55. The molecule has 0 radical (unpaired) electrons. The SMILES string of the molecule is CN(CC(F)F)c1c(Cl)cccc1C(=O)O. The molecule has 0 bridgehead atoms. The van der Waals surface area contributed by atoms with Gasteiger partial charge < -0.3 is 10.0 Å². The van der Waals surface area contributed by atoms with Gasteiger partial charge in [0.25, 0.3) is 6.43 Å². The van der Waals surface area contributed by atoms with Gasteiger partial charge in [-0.05, 0) is 12.1 Å². The van der Waals surface area contributed by atoms with E-state index in [0.717, 1.165) is 4.90 Å². The molecule has 6 heteroatoms. The lowest BCUT2D eigenvalue weighted by molar-refractivity contribution is 0.0697. The first-order valence-electron chi connectivity index (χ1n) is 4.44. The topological polar surface area (TPSA) is 40.5 Å². The van der Waals surface area contributed by atoms with E-state index in [1.54, 1.807) is 0 Å². The molecule has 88 valence electrons. The van der Waals surface area contributed by atoms with Crippen molar-refractivity contribution in [3.8, 4) is 0 Å². The molecule has 0 unspecified atom stereocenters. The van der Waals surface area contributed by atoms with Gasteiger partial charge in [0, 0.05) is 7.05 Å². The van der Waals surface area contributed by atoms with Gasteiger partial charge in [0.15, 0.2) is 0 Å². The molecular weight excluding hydrogens is 240 g/mol. The molecule has 1 rings (SSSR count). The Balaban J connectivity index is 3.14. The van der Waals surface area contributed by atoms with Crippen LogP contribution in [0.15, 0.2) is 18.2 Å². The fraction of sp³-hybridized carbons (Fsp3) is 0.300. The number of carbonyl (C=O) groups is 1. The predicted molar refractivity (Wildman–Crippen MR) is 57.7 cm³/mol. The van der Waals surface area contributed by atoms with E-state index in [9.17, 15) is 13.6 Å². The van der Waals surface area contributed by atoms with Crippen molar-refractivity contribution < 1.29 is 18.7 Å². The largest absolute Gasteiger partial charge is 0.478 e. The van der Waals surface area contributed by atoms with Gasteiger partial charge in [0.2, 0.25) is 0 Å². The number of carboxylic acids is 1. The highest BCUT2D eigenvalue weighted by Gasteiger charge is 2.18. The second kappa shape index (κ2) is 5.12. The fourth-order valence-corrected chi connectivity index (χ4v) is 1.69. The summed E-state index contributed by atoms with van der Waals surface area (Å²) in [5, 5.41) is 9.04. The Kier molecular flexibility index (Phi) is 4.06. The first-order valence-corrected chi connectivity index (χ1v) is 4.82. The van der Waals surface area contributed by atoms with Crippen LogP contribution in [-0.2, 0) is 0 Å². The van der Waals surface area contributed by atoms with Crippen LogP contribution in [-0.4, -0.2) is 31.1 Å². The Morgan fingerprint density at radius 3 is 2.69 bits per heavy atom. The third-order valence-electron chi connectivity index (χ3n) is 2.01. The summed E-state index contributed by atoms with van der Waals surface area (Å²) in [4.78, 5) is 12.0. The van der Waals surface area contributed by atoms with Crippen LogP contribution >= 0.6 is 11.6 Å². The number of halogens is 3. The molecule has 0 atom stereocenters. The average molecular weight is 250 g/mol. The van der Waals surface area contributed by atoms with Gasteiger partial charge in [-0.2, -0.15) is 0 Å². The summed E-state index contributed by atoms with van der Waals surface area (Å²) in [5.74, 6) is -1.20. The maximum Gasteiger partial charge on any atom is 0.337 e. The standard InChI is InChI=1S/C10H10ClF2NO2/c1-14(5-8(12)13)9-6(10(15)16)3-2-4-7(9)11/h2-4,8H,5H2,1H3,(H,15,16). The molecule has 16 heavy (non-hydrogen) atoms. The van der Waals surface area contributed by atoms with Gasteiger partial charge in [-0.15, -0.1) is 0 Å². The van der Waals surface area contributed by atoms with Crippen molar-refractivity contribution in [2.75, 3.05) is 18.5 Å². The minimum absolute atomic E-state index is 0.0874. The molecule has 0 saturated heterocycles. The first-order chi connectivity index (χ1) is 7.43. The Morgan fingerprint density at radius 1 is 1.56 bits per heavy atom.